The highest BCUT2D eigenvalue weighted by atomic mass is 32.2. The lowest BCUT2D eigenvalue weighted by molar-refractivity contribution is 0.478. The van der Waals surface area contributed by atoms with Crippen LogP contribution in [-0.2, 0) is 12.0 Å². The molecule has 0 saturated heterocycles. The van der Waals surface area contributed by atoms with Crippen molar-refractivity contribution in [3.63, 3.8) is 0 Å². The number of nitrogens with two attached hydrogens (primary N) is 1. The summed E-state index contributed by atoms with van der Waals surface area (Å²) in [5.74, 6) is 1.39. The molecule has 2 aliphatic carbocycles. The predicted octanol–water partition coefficient (Wildman–Crippen LogP) is 11.6. The average Bonchev–Trinajstić information content (AvgIpc) is 3.64. The lowest BCUT2D eigenvalue weighted by Crippen LogP contribution is -2.35. The molecule has 0 bridgehead atoms. The standard InChI is InChI=1S/C55H42N6S/c56-53(37-17-5-2-6-18-37)61-54(59-35-36-15-3-1-4-16-36)39-26-28-52-46(32-39)55(43-21-9-7-19-41(43)42-20-8-10-22-44(42)55)45-31-38(25-27-51(45)62-52)40-33-49(47-23-11-13-29-57-47)60-50(34-40)48-24-12-14-30-58-48/h1-24,26-33,38,40H,25,34-35H2,(H2,56,59,61). The first-order chi connectivity index (χ1) is 30.6. The third kappa shape index (κ3) is 6.66. The Morgan fingerprint density at radius 3 is 2.02 bits per heavy atom. The van der Waals surface area contributed by atoms with E-state index >= 15 is 0 Å². The Labute approximate surface area is 366 Å². The number of fused-ring (bicyclic) bond motifs is 9. The van der Waals surface area contributed by atoms with E-state index in [1.54, 1.807) is 0 Å². The Morgan fingerprint density at radius 2 is 1.31 bits per heavy atom. The minimum atomic E-state index is -0.590. The summed E-state index contributed by atoms with van der Waals surface area (Å²) in [6, 6.07) is 57.1. The van der Waals surface area contributed by atoms with Crippen LogP contribution in [0.25, 0.3) is 16.8 Å². The Balaban J connectivity index is 1.10. The third-order valence-corrected chi connectivity index (χ3v) is 13.7. The number of pyridine rings is 2. The van der Waals surface area contributed by atoms with Gasteiger partial charge < -0.3 is 5.73 Å². The number of allylic oxidation sites excluding steroid dienone is 4. The molecule has 5 aromatic carbocycles. The van der Waals surface area contributed by atoms with Crippen molar-refractivity contribution >= 4 is 34.8 Å². The Hall–Kier alpha value is -7.22. The van der Waals surface area contributed by atoms with Crippen LogP contribution in [0.4, 0.5) is 0 Å². The second-order valence-electron chi connectivity index (χ2n) is 16.1. The maximum absolute atomic E-state index is 6.78. The first kappa shape index (κ1) is 37.8. The molecule has 11 rings (SSSR count). The smallest absolute Gasteiger partial charge is 0.157 e. The SMILES string of the molecule is N/C(=N\C(=N/Cc1ccccc1)c1ccc2c(c1)C1(C3=CC(C4C=C(c5ccccn5)N=C(c5ccccn5)C4)CC=C3S2)c2ccccc2-c2ccccc21)c1ccccc1. The van der Waals surface area contributed by atoms with E-state index in [-0.39, 0.29) is 11.8 Å². The molecule has 1 spiro atoms. The lowest BCUT2D eigenvalue weighted by atomic mass is 9.64. The molecular formula is C55H42N6S. The molecule has 6 nitrogen and oxygen atoms in total. The lowest BCUT2D eigenvalue weighted by Gasteiger charge is -2.44. The van der Waals surface area contributed by atoms with Gasteiger partial charge in [-0.25, -0.2) is 9.98 Å². The number of aliphatic imine (C=N–C) groups is 3. The van der Waals surface area contributed by atoms with Gasteiger partial charge in [-0.3, -0.25) is 15.0 Å². The Kier molecular flexibility index (Phi) is 9.74. The molecule has 0 fully saturated rings. The first-order valence-electron chi connectivity index (χ1n) is 21.2. The zero-order valence-corrected chi connectivity index (χ0v) is 34.8. The minimum Gasteiger partial charge on any atom is -0.383 e. The number of hydrogen-bond donors (Lipinski definition) is 1. The summed E-state index contributed by atoms with van der Waals surface area (Å²) in [5, 5.41) is 0. The second-order valence-corrected chi connectivity index (χ2v) is 17.2. The van der Waals surface area contributed by atoms with Gasteiger partial charge in [0.2, 0.25) is 0 Å². The van der Waals surface area contributed by atoms with Crippen molar-refractivity contribution in [1.29, 1.82) is 0 Å². The molecule has 2 N–H and O–H groups in total. The van der Waals surface area contributed by atoms with Gasteiger partial charge in [-0.1, -0.05) is 157 Å². The van der Waals surface area contributed by atoms with Crippen molar-refractivity contribution in [3.05, 3.63) is 250 Å². The van der Waals surface area contributed by atoms with Gasteiger partial charge in [-0.2, -0.15) is 0 Å². The van der Waals surface area contributed by atoms with Gasteiger partial charge in [-0.15, -0.1) is 0 Å². The van der Waals surface area contributed by atoms with E-state index < -0.39 is 5.41 Å². The van der Waals surface area contributed by atoms with E-state index in [1.807, 2.05) is 103 Å². The Morgan fingerprint density at radius 1 is 0.645 bits per heavy atom. The maximum atomic E-state index is 6.78. The van der Waals surface area contributed by atoms with E-state index in [4.69, 9.17) is 30.7 Å². The molecular weight excluding hydrogens is 777 g/mol. The van der Waals surface area contributed by atoms with Crippen molar-refractivity contribution in [1.82, 2.24) is 9.97 Å². The summed E-state index contributed by atoms with van der Waals surface area (Å²) in [5.41, 5.74) is 20.4. The normalized spacial score (nSPS) is 18.6. The number of rotatable bonds is 7. The zero-order chi connectivity index (χ0) is 41.5. The van der Waals surface area contributed by atoms with Gasteiger partial charge in [0.15, 0.2) is 5.84 Å². The first-order valence-corrected chi connectivity index (χ1v) is 22.0. The van der Waals surface area contributed by atoms with Crippen LogP contribution in [0.1, 0.15) is 57.6 Å². The van der Waals surface area contributed by atoms with Crippen LogP contribution < -0.4 is 5.73 Å². The molecule has 2 aliphatic heterocycles. The van der Waals surface area contributed by atoms with E-state index in [2.05, 4.69) is 103 Å². The summed E-state index contributed by atoms with van der Waals surface area (Å²) >= 11 is 1.87. The van der Waals surface area contributed by atoms with Crippen molar-refractivity contribution in [2.45, 2.75) is 29.7 Å². The van der Waals surface area contributed by atoms with Gasteiger partial charge >= 0.3 is 0 Å². The summed E-state index contributed by atoms with van der Waals surface area (Å²) in [7, 11) is 0. The molecule has 2 atom stereocenters. The molecule has 298 valence electrons. The van der Waals surface area contributed by atoms with Crippen LogP contribution in [0.5, 0.6) is 0 Å². The Bertz CT molecular complexity index is 2980. The predicted molar refractivity (Wildman–Crippen MR) is 253 cm³/mol. The molecule has 4 heterocycles. The van der Waals surface area contributed by atoms with Crippen molar-refractivity contribution in [2.75, 3.05) is 0 Å². The zero-order valence-electron chi connectivity index (χ0n) is 34.0. The molecule has 7 aromatic rings. The van der Waals surface area contributed by atoms with Gasteiger partial charge in [-0.05, 0) is 100 Å². The van der Waals surface area contributed by atoms with Gasteiger partial charge in [0.1, 0.15) is 5.84 Å². The minimum absolute atomic E-state index is 0.167. The van der Waals surface area contributed by atoms with Crippen LogP contribution >= 0.6 is 11.8 Å². The van der Waals surface area contributed by atoms with Crippen LogP contribution in [0, 0.1) is 11.8 Å². The number of nitrogens with zero attached hydrogens (tertiary/aromatic N) is 5. The number of amidine groups is 2. The van der Waals surface area contributed by atoms with Gasteiger partial charge in [0.25, 0.3) is 0 Å². The fourth-order valence-electron chi connectivity index (χ4n) is 9.62. The topological polar surface area (TPSA) is 88.9 Å². The number of thioether (sulfide) groups is 1. The molecule has 0 radical (unpaired) electrons. The summed E-state index contributed by atoms with van der Waals surface area (Å²) in [6.07, 6.45) is 12.8. The fourth-order valence-corrected chi connectivity index (χ4v) is 10.8. The molecule has 0 saturated carbocycles. The van der Waals surface area contributed by atoms with Crippen LogP contribution in [-0.4, -0.2) is 27.4 Å². The molecule has 2 aromatic heterocycles. The fraction of sp³-hybridized carbons (Fsp3) is 0.109. The van der Waals surface area contributed by atoms with Gasteiger partial charge in [0.05, 0.1) is 34.8 Å². The van der Waals surface area contributed by atoms with Gasteiger partial charge in [0, 0.05) is 33.3 Å². The van der Waals surface area contributed by atoms with Crippen LogP contribution in [0.15, 0.2) is 225 Å². The molecule has 0 amide bonds. The summed E-state index contributed by atoms with van der Waals surface area (Å²) < 4.78 is 0. The summed E-state index contributed by atoms with van der Waals surface area (Å²) in [6.45, 7) is 0.475. The summed E-state index contributed by atoms with van der Waals surface area (Å²) in [4.78, 5) is 27.5. The van der Waals surface area contributed by atoms with E-state index in [9.17, 15) is 0 Å². The largest absolute Gasteiger partial charge is 0.383 e. The highest BCUT2D eigenvalue weighted by Gasteiger charge is 2.52. The highest BCUT2D eigenvalue weighted by molar-refractivity contribution is 8.03. The quantitative estimate of drug-likeness (QED) is 0.128. The van der Waals surface area contributed by atoms with E-state index in [0.717, 1.165) is 52.3 Å². The average molecular weight is 819 g/mol. The number of benzene rings is 5. The molecule has 2 unspecified atom stereocenters. The highest BCUT2D eigenvalue weighted by Crippen LogP contribution is 2.64. The monoisotopic (exact) mass is 818 g/mol. The molecule has 62 heavy (non-hydrogen) atoms. The van der Waals surface area contributed by atoms with E-state index in [1.165, 1.54) is 43.2 Å². The van der Waals surface area contributed by atoms with Crippen LogP contribution in [0.2, 0.25) is 0 Å². The van der Waals surface area contributed by atoms with Crippen LogP contribution in [0.3, 0.4) is 0 Å². The molecule has 4 aliphatic rings. The third-order valence-electron chi connectivity index (χ3n) is 12.5. The van der Waals surface area contributed by atoms with Crippen molar-refractivity contribution in [2.24, 2.45) is 32.5 Å². The molecule has 7 heteroatoms. The number of hydrogen-bond acceptors (Lipinski definition) is 5. The second kappa shape index (κ2) is 16.0. The maximum Gasteiger partial charge on any atom is 0.157 e. The van der Waals surface area contributed by atoms with Crippen molar-refractivity contribution < 1.29 is 0 Å². The van der Waals surface area contributed by atoms with E-state index in [0.29, 0.717) is 18.2 Å². The number of aromatic nitrogens is 2. The van der Waals surface area contributed by atoms with Crippen molar-refractivity contribution in [3.8, 4) is 11.1 Å².